The van der Waals surface area contributed by atoms with Gasteiger partial charge in [-0.25, -0.2) is 9.59 Å². The van der Waals surface area contributed by atoms with Crippen LogP contribution in [0.3, 0.4) is 0 Å². The fraction of sp³-hybridized carbons (Fsp3) is 0.346. The Morgan fingerprint density at radius 3 is 2.32 bits per heavy atom. The van der Waals surface area contributed by atoms with E-state index in [1.165, 1.54) is 0 Å². The van der Waals surface area contributed by atoms with Gasteiger partial charge in [-0.05, 0) is 62.2 Å². The van der Waals surface area contributed by atoms with Gasteiger partial charge in [0.25, 0.3) is 5.91 Å². The molecule has 8 nitrogen and oxygen atoms in total. The van der Waals surface area contributed by atoms with Gasteiger partial charge in [-0.1, -0.05) is 25.5 Å². The highest BCUT2D eigenvalue weighted by molar-refractivity contribution is 6.04. The van der Waals surface area contributed by atoms with Crippen LogP contribution < -0.4 is 15.4 Å². The number of carbonyl (C=O) groups is 3. The summed E-state index contributed by atoms with van der Waals surface area (Å²) in [6, 6.07) is 13.0. The maximum absolute atomic E-state index is 12.8. The van der Waals surface area contributed by atoms with Gasteiger partial charge < -0.3 is 20.1 Å². The lowest BCUT2D eigenvalue weighted by molar-refractivity contribution is -0.139. The van der Waals surface area contributed by atoms with Crippen LogP contribution in [0.1, 0.15) is 55.6 Å². The normalized spacial score (nSPS) is 15.6. The number of benzene rings is 2. The van der Waals surface area contributed by atoms with Crippen LogP contribution >= 0.6 is 0 Å². The largest absolute Gasteiger partial charge is 0.497 e. The number of esters is 1. The van der Waals surface area contributed by atoms with Crippen molar-refractivity contribution in [3.63, 3.8) is 0 Å². The Bertz CT molecular complexity index is 1060. The molecule has 34 heavy (non-hydrogen) atoms. The van der Waals surface area contributed by atoms with Gasteiger partial charge in [0.2, 0.25) is 0 Å². The number of anilines is 1. The molecular weight excluding hydrogens is 434 g/mol. The van der Waals surface area contributed by atoms with Gasteiger partial charge in [0.1, 0.15) is 5.75 Å². The summed E-state index contributed by atoms with van der Waals surface area (Å²) in [4.78, 5) is 39.7. The summed E-state index contributed by atoms with van der Waals surface area (Å²) < 4.78 is 10.4. The average Bonchev–Trinajstić information content (AvgIpc) is 2.84. The number of urea groups is 1. The fourth-order valence-electron chi connectivity index (χ4n) is 3.79. The summed E-state index contributed by atoms with van der Waals surface area (Å²) in [7, 11) is 1.57. The summed E-state index contributed by atoms with van der Waals surface area (Å²) in [6.07, 6.45) is 1.76. The zero-order chi connectivity index (χ0) is 24.7. The summed E-state index contributed by atoms with van der Waals surface area (Å²) >= 11 is 0. The van der Waals surface area contributed by atoms with Gasteiger partial charge in [0.15, 0.2) is 0 Å². The number of methoxy groups -OCH3 is 1. The molecule has 0 aromatic heterocycles. The highest BCUT2D eigenvalue weighted by Gasteiger charge is 2.36. The molecule has 8 heteroatoms. The molecule has 1 unspecified atom stereocenters. The number of carbonyl (C=O) groups excluding carboxylic acids is 3. The van der Waals surface area contributed by atoms with Gasteiger partial charge in [-0.3, -0.25) is 9.69 Å². The topological polar surface area (TPSA) is 97.0 Å². The molecule has 0 saturated heterocycles. The van der Waals surface area contributed by atoms with Crippen molar-refractivity contribution in [1.82, 2.24) is 10.2 Å². The van der Waals surface area contributed by atoms with E-state index in [-0.39, 0.29) is 18.5 Å². The predicted molar refractivity (Wildman–Crippen MR) is 130 cm³/mol. The van der Waals surface area contributed by atoms with E-state index in [1.807, 2.05) is 6.92 Å². The van der Waals surface area contributed by atoms with Crippen LogP contribution in [0.5, 0.6) is 5.75 Å². The zero-order valence-electron chi connectivity index (χ0n) is 20.0. The molecule has 1 aliphatic rings. The molecule has 1 aliphatic heterocycles. The van der Waals surface area contributed by atoms with Crippen molar-refractivity contribution in [1.29, 1.82) is 0 Å². The van der Waals surface area contributed by atoms with E-state index in [4.69, 9.17) is 9.47 Å². The Balaban J connectivity index is 1.83. The number of hydrogen-bond donors (Lipinski definition) is 2. The Labute approximate surface area is 199 Å². The standard InChI is InChI=1S/C26H31N3O5/c1-5-7-16-29-17(3)22(25(31)34-6-2)23(28-26(29)32)18-8-12-20(13-9-18)27-24(30)19-10-14-21(33-4)15-11-19/h8-15,23H,5-7,16H2,1-4H3,(H,27,30)(H,28,32). The number of rotatable bonds is 9. The molecule has 1 atom stereocenters. The molecule has 2 aromatic rings. The van der Waals surface area contributed by atoms with Gasteiger partial charge >= 0.3 is 12.0 Å². The first-order valence-electron chi connectivity index (χ1n) is 11.4. The smallest absolute Gasteiger partial charge is 0.338 e. The van der Waals surface area contributed by atoms with Crippen LogP contribution in [0.15, 0.2) is 59.8 Å². The average molecular weight is 466 g/mol. The van der Waals surface area contributed by atoms with Crippen LogP contribution in [0.4, 0.5) is 10.5 Å². The first-order valence-corrected chi connectivity index (χ1v) is 11.4. The van der Waals surface area contributed by atoms with Crippen molar-refractivity contribution in [2.45, 2.75) is 39.7 Å². The summed E-state index contributed by atoms with van der Waals surface area (Å²) in [5, 5.41) is 5.79. The molecular formula is C26H31N3O5. The molecule has 3 rings (SSSR count). The number of unbranched alkanes of at least 4 members (excludes halogenated alkanes) is 1. The first kappa shape index (κ1) is 24.8. The molecule has 0 radical (unpaired) electrons. The SMILES string of the molecule is CCCCN1C(=O)NC(c2ccc(NC(=O)c3ccc(OC)cc3)cc2)C(C(=O)OCC)=C1C. The molecule has 2 N–H and O–H groups in total. The van der Waals surface area contributed by atoms with Crippen molar-refractivity contribution >= 4 is 23.6 Å². The highest BCUT2D eigenvalue weighted by Crippen LogP contribution is 2.32. The summed E-state index contributed by atoms with van der Waals surface area (Å²) in [6.45, 7) is 6.34. The number of amides is 3. The monoisotopic (exact) mass is 465 g/mol. The van der Waals surface area contributed by atoms with E-state index in [0.717, 1.165) is 12.8 Å². The minimum atomic E-state index is -0.643. The third-order valence-corrected chi connectivity index (χ3v) is 5.68. The van der Waals surface area contributed by atoms with Crippen molar-refractivity contribution in [2.24, 2.45) is 0 Å². The molecule has 2 aromatic carbocycles. The maximum atomic E-state index is 12.8. The van der Waals surface area contributed by atoms with E-state index < -0.39 is 12.0 Å². The third-order valence-electron chi connectivity index (χ3n) is 5.68. The Morgan fingerprint density at radius 1 is 1.06 bits per heavy atom. The molecule has 3 amide bonds. The lowest BCUT2D eigenvalue weighted by Crippen LogP contribution is -2.48. The van der Waals surface area contributed by atoms with Crippen LogP contribution in [0, 0.1) is 0 Å². The number of nitrogens with zero attached hydrogens (tertiary/aromatic N) is 1. The minimum absolute atomic E-state index is 0.238. The van der Waals surface area contributed by atoms with Crippen LogP contribution in [0.2, 0.25) is 0 Å². The van der Waals surface area contributed by atoms with Gasteiger partial charge in [-0.15, -0.1) is 0 Å². The number of allylic oxidation sites excluding steroid dienone is 1. The van der Waals surface area contributed by atoms with Gasteiger partial charge in [-0.2, -0.15) is 0 Å². The quantitative estimate of drug-likeness (QED) is 0.526. The molecule has 0 bridgehead atoms. The van der Waals surface area contributed by atoms with Gasteiger partial charge in [0, 0.05) is 23.5 Å². The molecule has 0 saturated carbocycles. The van der Waals surface area contributed by atoms with Crippen molar-refractivity contribution < 1.29 is 23.9 Å². The summed E-state index contributed by atoms with van der Waals surface area (Å²) in [5.41, 5.74) is 2.81. The molecule has 180 valence electrons. The van der Waals surface area contributed by atoms with Crippen LogP contribution in [-0.4, -0.2) is 43.1 Å². The first-order chi connectivity index (χ1) is 16.4. The van der Waals surface area contributed by atoms with E-state index in [9.17, 15) is 14.4 Å². The second-order valence-corrected chi connectivity index (χ2v) is 7.91. The Hall–Kier alpha value is -3.81. The van der Waals surface area contributed by atoms with E-state index in [2.05, 4.69) is 10.6 Å². The van der Waals surface area contributed by atoms with Crippen molar-refractivity contribution in [3.8, 4) is 5.75 Å². The predicted octanol–water partition coefficient (Wildman–Crippen LogP) is 4.65. The molecule has 0 aliphatic carbocycles. The van der Waals surface area contributed by atoms with E-state index in [0.29, 0.717) is 40.4 Å². The van der Waals surface area contributed by atoms with Crippen LogP contribution in [-0.2, 0) is 9.53 Å². The third kappa shape index (κ3) is 5.57. The molecule has 0 spiro atoms. The maximum Gasteiger partial charge on any atom is 0.338 e. The lowest BCUT2D eigenvalue weighted by atomic mass is 9.94. The molecule has 0 fully saturated rings. The minimum Gasteiger partial charge on any atom is -0.497 e. The second-order valence-electron chi connectivity index (χ2n) is 7.91. The Morgan fingerprint density at radius 2 is 1.74 bits per heavy atom. The zero-order valence-corrected chi connectivity index (χ0v) is 20.0. The summed E-state index contributed by atoms with van der Waals surface area (Å²) in [5.74, 6) is -0.0382. The number of hydrogen-bond acceptors (Lipinski definition) is 5. The fourth-order valence-corrected chi connectivity index (χ4v) is 3.79. The molecule has 1 heterocycles. The lowest BCUT2D eigenvalue weighted by Gasteiger charge is -2.35. The number of ether oxygens (including phenoxy) is 2. The van der Waals surface area contributed by atoms with E-state index >= 15 is 0 Å². The Kier molecular flexibility index (Phi) is 8.29. The van der Waals surface area contributed by atoms with Crippen molar-refractivity contribution in [2.75, 3.05) is 25.6 Å². The highest BCUT2D eigenvalue weighted by atomic mass is 16.5. The van der Waals surface area contributed by atoms with Crippen molar-refractivity contribution in [3.05, 3.63) is 70.9 Å². The van der Waals surface area contributed by atoms with E-state index in [1.54, 1.807) is 74.4 Å². The van der Waals surface area contributed by atoms with Crippen LogP contribution in [0.25, 0.3) is 0 Å². The number of nitrogens with one attached hydrogen (secondary N) is 2. The second kappa shape index (κ2) is 11.4. The van der Waals surface area contributed by atoms with Gasteiger partial charge in [0.05, 0.1) is 25.3 Å².